The van der Waals surface area contributed by atoms with Crippen LogP contribution in [0.5, 0.6) is 0 Å². The highest BCUT2D eigenvalue weighted by Crippen LogP contribution is 2.20. The second-order valence-electron chi connectivity index (χ2n) is 6.50. The number of aryl methyl sites for hydroxylation is 1. The van der Waals surface area contributed by atoms with E-state index >= 15 is 0 Å². The third-order valence-electron chi connectivity index (χ3n) is 4.31. The van der Waals surface area contributed by atoms with Crippen LogP contribution in [0.2, 0.25) is 0 Å². The van der Waals surface area contributed by atoms with Gasteiger partial charge in [0.25, 0.3) is 0 Å². The summed E-state index contributed by atoms with van der Waals surface area (Å²) in [5, 5.41) is 0. The number of hydrogen-bond donors (Lipinski definition) is 0. The van der Waals surface area contributed by atoms with Gasteiger partial charge in [0, 0.05) is 6.42 Å². The highest BCUT2D eigenvalue weighted by atomic mass is 32.2. The first-order valence-electron chi connectivity index (χ1n) is 8.90. The monoisotopic (exact) mass is 430 g/mol. The van der Waals surface area contributed by atoms with Crippen LogP contribution in [0.25, 0.3) is 10.2 Å². The van der Waals surface area contributed by atoms with Gasteiger partial charge in [-0.25, -0.2) is 12.8 Å². The van der Waals surface area contributed by atoms with E-state index in [9.17, 15) is 17.6 Å². The lowest BCUT2D eigenvalue weighted by molar-refractivity contribution is -0.118. The van der Waals surface area contributed by atoms with E-state index in [4.69, 9.17) is 6.42 Å². The van der Waals surface area contributed by atoms with Crippen LogP contribution >= 0.6 is 11.3 Å². The number of nitrogens with zero attached hydrogens (tertiary/aromatic N) is 2. The lowest BCUT2D eigenvalue weighted by Crippen LogP contribution is -2.17. The van der Waals surface area contributed by atoms with Crippen LogP contribution < -0.4 is 4.80 Å². The predicted molar refractivity (Wildman–Crippen MR) is 112 cm³/mol. The summed E-state index contributed by atoms with van der Waals surface area (Å²) in [6, 6.07) is 11.2. The van der Waals surface area contributed by atoms with Gasteiger partial charge in [-0.15, -0.1) is 6.42 Å². The summed E-state index contributed by atoms with van der Waals surface area (Å²) in [5.74, 6) is 1.38. The molecule has 0 aliphatic carbocycles. The fraction of sp³-hybridized carbons (Fsp3) is 0.238. The molecule has 3 rings (SSSR count). The van der Waals surface area contributed by atoms with Crippen LogP contribution in [0.3, 0.4) is 0 Å². The Balaban J connectivity index is 1.76. The van der Waals surface area contributed by atoms with Crippen LogP contribution in [0.15, 0.2) is 52.4 Å². The van der Waals surface area contributed by atoms with E-state index in [2.05, 4.69) is 10.9 Å². The summed E-state index contributed by atoms with van der Waals surface area (Å²) < 4.78 is 41.0. The number of carbonyl (C=O) groups is 1. The maximum Gasteiger partial charge on any atom is 0.248 e. The number of amides is 1. The van der Waals surface area contributed by atoms with Gasteiger partial charge in [-0.05, 0) is 37.6 Å². The Morgan fingerprint density at radius 2 is 1.97 bits per heavy atom. The van der Waals surface area contributed by atoms with Crippen molar-refractivity contribution in [2.45, 2.75) is 31.2 Å². The van der Waals surface area contributed by atoms with Gasteiger partial charge in [-0.3, -0.25) is 4.79 Å². The van der Waals surface area contributed by atoms with E-state index < -0.39 is 21.6 Å². The van der Waals surface area contributed by atoms with E-state index in [1.807, 2.05) is 6.92 Å². The average Bonchev–Trinajstić information content (AvgIpc) is 3.00. The number of halogens is 1. The van der Waals surface area contributed by atoms with Gasteiger partial charge in [-0.1, -0.05) is 41.0 Å². The first kappa shape index (κ1) is 21.0. The second-order valence-corrected chi connectivity index (χ2v) is 9.62. The molecule has 29 heavy (non-hydrogen) atoms. The first-order valence-corrected chi connectivity index (χ1v) is 11.4. The van der Waals surface area contributed by atoms with Crippen molar-refractivity contribution in [2.24, 2.45) is 4.99 Å². The quantitative estimate of drug-likeness (QED) is 0.563. The van der Waals surface area contributed by atoms with Gasteiger partial charge in [0.2, 0.25) is 5.91 Å². The summed E-state index contributed by atoms with van der Waals surface area (Å²) in [5.41, 5.74) is 1.28. The van der Waals surface area contributed by atoms with Crippen molar-refractivity contribution >= 4 is 37.3 Å². The molecule has 1 heterocycles. The fourth-order valence-electron chi connectivity index (χ4n) is 2.85. The maximum absolute atomic E-state index is 14.2. The van der Waals surface area contributed by atoms with Gasteiger partial charge in [0.05, 0.1) is 27.4 Å². The summed E-state index contributed by atoms with van der Waals surface area (Å²) in [4.78, 5) is 16.9. The van der Waals surface area contributed by atoms with Crippen molar-refractivity contribution in [2.75, 3.05) is 5.75 Å². The molecule has 2 aromatic carbocycles. The van der Waals surface area contributed by atoms with Crippen molar-refractivity contribution in [3.63, 3.8) is 0 Å². The van der Waals surface area contributed by atoms with Crippen molar-refractivity contribution in [3.8, 4) is 12.3 Å². The normalized spacial score (nSPS) is 12.2. The summed E-state index contributed by atoms with van der Waals surface area (Å²) in [7, 11) is -3.46. The Hall–Kier alpha value is -2.76. The zero-order chi connectivity index (χ0) is 21.0. The molecular formula is C21H19FN2O3S2. The number of thiazole rings is 1. The van der Waals surface area contributed by atoms with Crippen molar-refractivity contribution in [1.82, 2.24) is 4.57 Å². The number of benzene rings is 2. The van der Waals surface area contributed by atoms with Crippen molar-refractivity contribution in [1.29, 1.82) is 0 Å². The van der Waals surface area contributed by atoms with Gasteiger partial charge in [-0.2, -0.15) is 4.99 Å². The van der Waals surface area contributed by atoms with Crippen LogP contribution in [-0.2, 0) is 21.2 Å². The van der Waals surface area contributed by atoms with E-state index in [0.717, 1.165) is 5.56 Å². The minimum absolute atomic E-state index is 0.0299. The number of rotatable bonds is 6. The Kier molecular flexibility index (Phi) is 6.30. The number of carbonyl (C=O) groups excluding carboxylic acids is 1. The molecule has 0 fully saturated rings. The summed E-state index contributed by atoms with van der Waals surface area (Å²) in [6.07, 6.45) is 5.49. The van der Waals surface area contributed by atoms with Gasteiger partial charge in [0.15, 0.2) is 14.6 Å². The lowest BCUT2D eigenvalue weighted by atomic mass is 10.2. The predicted octanol–water partition coefficient (Wildman–Crippen LogP) is 3.46. The van der Waals surface area contributed by atoms with Crippen LogP contribution in [-0.4, -0.2) is 24.6 Å². The molecule has 1 aromatic heterocycles. The van der Waals surface area contributed by atoms with Crippen LogP contribution in [0.4, 0.5) is 4.39 Å². The Morgan fingerprint density at radius 1 is 1.24 bits per heavy atom. The first-order chi connectivity index (χ1) is 13.8. The number of fused-ring (bicyclic) bond motifs is 1. The smallest absolute Gasteiger partial charge is 0.248 e. The molecule has 0 saturated carbocycles. The van der Waals surface area contributed by atoms with Crippen LogP contribution in [0.1, 0.15) is 18.4 Å². The third kappa shape index (κ3) is 4.81. The molecule has 0 spiro atoms. The second kappa shape index (κ2) is 8.72. The maximum atomic E-state index is 14.2. The minimum Gasteiger partial charge on any atom is -0.302 e. The molecule has 5 nitrogen and oxygen atoms in total. The molecule has 0 aliphatic rings. The molecular weight excluding hydrogens is 411 g/mol. The number of sulfone groups is 1. The van der Waals surface area contributed by atoms with E-state index in [-0.39, 0.29) is 30.0 Å². The van der Waals surface area contributed by atoms with Crippen LogP contribution in [0, 0.1) is 25.1 Å². The summed E-state index contributed by atoms with van der Waals surface area (Å²) in [6.45, 7) is 1.96. The Bertz CT molecular complexity index is 1260. The molecule has 0 aliphatic heterocycles. The largest absolute Gasteiger partial charge is 0.302 e. The molecule has 0 radical (unpaired) electrons. The van der Waals surface area contributed by atoms with Crippen molar-refractivity contribution < 1.29 is 17.6 Å². The molecule has 0 saturated heterocycles. The zero-order valence-corrected chi connectivity index (χ0v) is 17.4. The highest BCUT2D eigenvalue weighted by Gasteiger charge is 2.15. The fourth-order valence-corrected chi connectivity index (χ4v) is 5.22. The lowest BCUT2D eigenvalue weighted by Gasteiger charge is -2.04. The number of para-hydroxylation sites is 1. The number of terminal acetylenes is 1. The Labute approximate surface area is 172 Å². The zero-order valence-electron chi connectivity index (χ0n) is 15.8. The molecule has 0 N–H and O–H groups in total. The van der Waals surface area contributed by atoms with Gasteiger partial charge in [0.1, 0.15) is 5.82 Å². The van der Waals surface area contributed by atoms with E-state index in [1.165, 1.54) is 22.0 Å². The number of hydrogen-bond acceptors (Lipinski definition) is 4. The summed E-state index contributed by atoms with van der Waals surface area (Å²) >= 11 is 1.17. The molecule has 8 heteroatoms. The average molecular weight is 431 g/mol. The molecule has 0 atom stereocenters. The van der Waals surface area contributed by atoms with Gasteiger partial charge >= 0.3 is 0 Å². The minimum atomic E-state index is -3.46. The van der Waals surface area contributed by atoms with Crippen molar-refractivity contribution in [3.05, 3.63) is 58.6 Å². The van der Waals surface area contributed by atoms with E-state index in [0.29, 0.717) is 15.0 Å². The molecule has 0 bridgehead atoms. The third-order valence-corrected chi connectivity index (χ3v) is 7.17. The topological polar surface area (TPSA) is 68.5 Å². The Morgan fingerprint density at radius 3 is 2.66 bits per heavy atom. The molecule has 0 unspecified atom stereocenters. The highest BCUT2D eigenvalue weighted by molar-refractivity contribution is 7.91. The molecule has 150 valence electrons. The standard InChI is InChI=1S/C21H19FN2O3S2/c1-3-13-24-20-17(22)6-4-7-18(20)28-21(24)23-19(25)8-5-14-29(26,27)16-11-9-15(2)10-12-16/h1,4,6-7,9-12H,5,8,13-14H2,2H3. The SMILES string of the molecule is C#CCn1c(=NC(=O)CCCS(=O)(=O)c2ccc(C)cc2)sc2cccc(F)c21. The molecule has 1 amide bonds. The number of aromatic nitrogens is 1. The molecule has 3 aromatic rings. The van der Waals surface area contributed by atoms with Gasteiger partial charge < -0.3 is 4.57 Å². The van der Waals surface area contributed by atoms with E-state index in [1.54, 1.807) is 36.4 Å².